The molecule has 5 nitrogen and oxygen atoms in total. The zero-order valence-electron chi connectivity index (χ0n) is 12.8. The first-order valence-electron chi connectivity index (χ1n) is 7.05. The van der Waals surface area contributed by atoms with Gasteiger partial charge in [-0.25, -0.2) is 4.79 Å². The van der Waals surface area contributed by atoms with Crippen LogP contribution in [0.5, 0.6) is 5.75 Å². The molecule has 0 aliphatic carbocycles. The van der Waals surface area contributed by atoms with Gasteiger partial charge in [-0.3, -0.25) is 0 Å². The van der Waals surface area contributed by atoms with Gasteiger partial charge in [0.2, 0.25) is 0 Å². The number of carbonyl (C=O) groups is 1. The summed E-state index contributed by atoms with van der Waals surface area (Å²) < 4.78 is 20.3. The van der Waals surface area contributed by atoms with Crippen LogP contribution >= 0.6 is 0 Å². The molecular weight excluding hydrogens is 284 g/mol. The highest BCUT2D eigenvalue weighted by Gasteiger charge is 1.97. The monoisotopic (exact) mass is 306 g/mol. The molecule has 0 atom stereocenters. The fraction of sp³-hybridized carbons (Fsp3) is 0.353. The lowest BCUT2D eigenvalue weighted by Crippen LogP contribution is -2.04. The lowest BCUT2D eigenvalue weighted by Gasteiger charge is -2.06. The lowest BCUT2D eigenvalue weighted by molar-refractivity contribution is -0.137. The van der Waals surface area contributed by atoms with Crippen molar-refractivity contribution in [1.82, 2.24) is 0 Å². The zero-order chi connectivity index (χ0) is 16.0. The number of hydrogen-bond donors (Lipinski definition) is 0. The van der Waals surface area contributed by atoms with Crippen LogP contribution in [0.2, 0.25) is 0 Å². The molecular formula is C17H22O5. The van der Waals surface area contributed by atoms with Gasteiger partial charge >= 0.3 is 5.97 Å². The fourth-order valence-electron chi connectivity index (χ4n) is 1.53. The maximum Gasteiger partial charge on any atom is 0.330 e. The van der Waals surface area contributed by atoms with E-state index >= 15 is 0 Å². The number of rotatable bonds is 11. The fourth-order valence-corrected chi connectivity index (χ4v) is 1.53. The first kappa shape index (κ1) is 17.8. The second kappa shape index (κ2) is 11.4. The molecule has 0 radical (unpaired) electrons. The number of hydrogen-bond acceptors (Lipinski definition) is 5. The van der Waals surface area contributed by atoms with E-state index in [4.69, 9.17) is 18.9 Å². The summed E-state index contributed by atoms with van der Waals surface area (Å²) in [7, 11) is 1.57. The molecule has 1 aromatic carbocycles. The average molecular weight is 306 g/mol. The van der Waals surface area contributed by atoms with Crippen LogP contribution in [0, 0.1) is 0 Å². The third kappa shape index (κ3) is 8.11. The van der Waals surface area contributed by atoms with Crippen LogP contribution in [0.4, 0.5) is 0 Å². The van der Waals surface area contributed by atoms with E-state index in [0.717, 1.165) is 30.2 Å². The highest BCUT2D eigenvalue weighted by atomic mass is 16.7. The number of carbonyl (C=O) groups excluding carboxylic acids is 1. The largest absolute Gasteiger partial charge is 0.494 e. The molecule has 0 saturated heterocycles. The average Bonchev–Trinajstić information content (AvgIpc) is 2.55. The third-order valence-corrected chi connectivity index (χ3v) is 2.64. The Morgan fingerprint density at radius 1 is 1.18 bits per heavy atom. The van der Waals surface area contributed by atoms with Crippen molar-refractivity contribution in [2.45, 2.75) is 12.8 Å². The number of methoxy groups -OCH3 is 1. The van der Waals surface area contributed by atoms with Crippen LogP contribution in [0.3, 0.4) is 0 Å². The zero-order valence-corrected chi connectivity index (χ0v) is 12.8. The molecule has 0 N–H and O–H groups in total. The first-order chi connectivity index (χ1) is 10.8. The maximum atomic E-state index is 10.8. The van der Waals surface area contributed by atoms with Crippen molar-refractivity contribution in [3.8, 4) is 5.75 Å². The van der Waals surface area contributed by atoms with Crippen LogP contribution in [-0.2, 0) is 19.0 Å². The van der Waals surface area contributed by atoms with E-state index in [1.54, 1.807) is 13.4 Å². The molecule has 0 aliphatic heterocycles. The van der Waals surface area contributed by atoms with Crippen LogP contribution in [0.15, 0.2) is 43.2 Å². The molecule has 0 amide bonds. The van der Waals surface area contributed by atoms with E-state index in [0.29, 0.717) is 13.2 Å². The summed E-state index contributed by atoms with van der Waals surface area (Å²) >= 11 is 0. The molecule has 0 heterocycles. The maximum absolute atomic E-state index is 10.8. The standard InChI is InChI=1S/C17H22O5/c1-3-17(18)22-12-5-4-11-21-16-8-6-15(7-9-16)10-13-20-14-19-2/h3,6-10,13H,1,4-5,11-12,14H2,2H3/b13-10+. The second-order valence-electron chi connectivity index (χ2n) is 4.37. The number of unbranched alkanes of at least 4 members (excludes halogenated alkanes) is 1. The molecule has 0 saturated carbocycles. The van der Waals surface area contributed by atoms with Gasteiger partial charge in [0.05, 0.1) is 19.5 Å². The SMILES string of the molecule is C=CC(=O)OCCCCOc1ccc(/C=C/OCOC)cc1. The Morgan fingerprint density at radius 2 is 1.91 bits per heavy atom. The van der Waals surface area contributed by atoms with Crippen molar-refractivity contribution in [3.05, 3.63) is 48.7 Å². The van der Waals surface area contributed by atoms with Gasteiger partial charge in [0.1, 0.15) is 5.75 Å². The van der Waals surface area contributed by atoms with Crippen molar-refractivity contribution in [1.29, 1.82) is 0 Å². The van der Waals surface area contributed by atoms with Crippen LogP contribution in [-0.4, -0.2) is 33.1 Å². The molecule has 0 spiro atoms. The normalized spacial score (nSPS) is 10.4. The van der Waals surface area contributed by atoms with Crippen molar-refractivity contribution >= 4 is 12.0 Å². The van der Waals surface area contributed by atoms with Crippen molar-refractivity contribution in [2.24, 2.45) is 0 Å². The molecule has 0 aromatic heterocycles. The van der Waals surface area contributed by atoms with Crippen molar-refractivity contribution in [2.75, 3.05) is 27.1 Å². The molecule has 0 bridgehead atoms. The predicted octanol–water partition coefficient (Wildman–Crippen LogP) is 3.17. The molecule has 120 valence electrons. The highest BCUT2D eigenvalue weighted by molar-refractivity contribution is 5.81. The summed E-state index contributed by atoms with van der Waals surface area (Å²) in [5, 5.41) is 0. The predicted molar refractivity (Wildman–Crippen MR) is 84.3 cm³/mol. The van der Waals surface area contributed by atoms with Crippen LogP contribution < -0.4 is 4.74 Å². The van der Waals surface area contributed by atoms with E-state index in [1.807, 2.05) is 30.3 Å². The quantitative estimate of drug-likeness (QED) is 0.207. The summed E-state index contributed by atoms with van der Waals surface area (Å²) in [6, 6.07) is 7.67. The number of benzene rings is 1. The van der Waals surface area contributed by atoms with E-state index in [-0.39, 0.29) is 12.8 Å². The minimum atomic E-state index is -0.390. The summed E-state index contributed by atoms with van der Waals surface area (Å²) in [6.07, 6.45) is 6.17. The van der Waals surface area contributed by atoms with E-state index in [9.17, 15) is 4.79 Å². The Kier molecular flexibility index (Phi) is 9.21. The minimum absolute atomic E-state index is 0.236. The number of ether oxygens (including phenoxy) is 4. The first-order valence-corrected chi connectivity index (χ1v) is 7.05. The van der Waals surface area contributed by atoms with Gasteiger partial charge in [0.25, 0.3) is 0 Å². The Balaban J connectivity index is 2.17. The van der Waals surface area contributed by atoms with Gasteiger partial charge in [-0.2, -0.15) is 0 Å². The van der Waals surface area contributed by atoms with Gasteiger partial charge in [0, 0.05) is 13.2 Å². The Labute approximate surface area is 131 Å². The van der Waals surface area contributed by atoms with Gasteiger partial charge in [-0.05, 0) is 36.6 Å². The molecule has 5 heteroatoms. The van der Waals surface area contributed by atoms with Crippen molar-refractivity contribution < 1.29 is 23.7 Å². The molecule has 0 aliphatic rings. The molecule has 1 rings (SSSR count). The van der Waals surface area contributed by atoms with Gasteiger partial charge in [0.15, 0.2) is 6.79 Å². The molecule has 22 heavy (non-hydrogen) atoms. The van der Waals surface area contributed by atoms with Gasteiger partial charge in [-0.1, -0.05) is 18.7 Å². The topological polar surface area (TPSA) is 54.0 Å². The summed E-state index contributed by atoms with van der Waals surface area (Å²) in [4.78, 5) is 10.8. The van der Waals surface area contributed by atoms with Crippen LogP contribution in [0.1, 0.15) is 18.4 Å². The number of esters is 1. The van der Waals surface area contributed by atoms with Gasteiger partial charge in [-0.15, -0.1) is 0 Å². The Hall–Kier alpha value is -2.27. The highest BCUT2D eigenvalue weighted by Crippen LogP contribution is 2.13. The van der Waals surface area contributed by atoms with E-state index in [2.05, 4.69) is 6.58 Å². The molecule has 1 aromatic rings. The van der Waals surface area contributed by atoms with E-state index in [1.165, 1.54) is 0 Å². The third-order valence-electron chi connectivity index (χ3n) is 2.64. The van der Waals surface area contributed by atoms with E-state index < -0.39 is 0 Å². The Bertz CT molecular complexity index is 464. The smallest absolute Gasteiger partial charge is 0.330 e. The summed E-state index contributed by atoms with van der Waals surface area (Å²) in [6.45, 7) is 4.54. The lowest BCUT2D eigenvalue weighted by atomic mass is 10.2. The summed E-state index contributed by atoms with van der Waals surface area (Å²) in [5.74, 6) is 0.414. The second-order valence-corrected chi connectivity index (χ2v) is 4.37. The molecule has 0 fully saturated rings. The van der Waals surface area contributed by atoms with Crippen molar-refractivity contribution in [3.63, 3.8) is 0 Å². The minimum Gasteiger partial charge on any atom is -0.494 e. The molecule has 0 unspecified atom stereocenters. The summed E-state index contributed by atoms with van der Waals surface area (Å²) in [5.41, 5.74) is 1.01. The Morgan fingerprint density at radius 3 is 2.59 bits per heavy atom. The van der Waals surface area contributed by atoms with Crippen LogP contribution in [0.25, 0.3) is 6.08 Å². The van der Waals surface area contributed by atoms with Gasteiger partial charge < -0.3 is 18.9 Å².